The predicted octanol–water partition coefficient (Wildman–Crippen LogP) is 2.38. The van der Waals surface area contributed by atoms with Crippen LogP contribution in [-0.2, 0) is 4.79 Å². The van der Waals surface area contributed by atoms with Crippen LogP contribution in [-0.4, -0.2) is 55.5 Å². The monoisotopic (exact) mass is 395 g/mol. The molecule has 1 aliphatic heterocycles. The molecule has 0 radical (unpaired) electrons. The van der Waals surface area contributed by atoms with Gasteiger partial charge in [-0.05, 0) is 49.6 Å². The van der Waals surface area contributed by atoms with Gasteiger partial charge in [-0.25, -0.2) is 0 Å². The van der Waals surface area contributed by atoms with Crippen LogP contribution >= 0.6 is 0 Å². The van der Waals surface area contributed by atoms with Crippen molar-refractivity contribution in [2.24, 2.45) is 0 Å². The van der Waals surface area contributed by atoms with Crippen molar-refractivity contribution in [2.75, 3.05) is 32.8 Å². The van der Waals surface area contributed by atoms with Crippen molar-refractivity contribution in [1.82, 2.24) is 15.5 Å². The first-order valence-electron chi connectivity index (χ1n) is 10.1. The third-order valence-electron chi connectivity index (χ3n) is 5.01. The van der Waals surface area contributed by atoms with Crippen LogP contribution in [0.15, 0.2) is 54.6 Å². The number of benzene rings is 2. The first-order chi connectivity index (χ1) is 14.1. The number of carbonyl (C=O) groups is 2. The second-order valence-electron chi connectivity index (χ2n) is 7.40. The Morgan fingerprint density at radius 3 is 2.55 bits per heavy atom. The molecule has 2 aromatic rings. The lowest BCUT2D eigenvalue weighted by Crippen LogP contribution is -2.47. The molecule has 2 amide bonds. The molecule has 6 nitrogen and oxygen atoms in total. The molecule has 0 aromatic heterocycles. The highest BCUT2D eigenvalue weighted by atomic mass is 16.5. The number of ether oxygens (including phenoxy) is 1. The van der Waals surface area contributed by atoms with Crippen LogP contribution < -0.4 is 15.4 Å². The summed E-state index contributed by atoms with van der Waals surface area (Å²) in [6, 6.07) is 17.3. The minimum absolute atomic E-state index is 0.00427. The Bertz CT molecular complexity index is 802. The summed E-state index contributed by atoms with van der Waals surface area (Å²) in [5.41, 5.74) is 1.83. The van der Waals surface area contributed by atoms with Crippen molar-refractivity contribution in [3.63, 3.8) is 0 Å². The maximum Gasteiger partial charge on any atom is 0.251 e. The Hall–Kier alpha value is -2.86. The largest absolute Gasteiger partial charge is 0.492 e. The summed E-state index contributed by atoms with van der Waals surface area (Å²) in [6.45, 7) is 4.92. The quantitative estimate of drug-likeness (QED) is 0.674. The molecule has 0 spiro atoms. The fraction of sp³-hybridized carbons (Fsp3) is 0.391. The number of amides is 2. The van der Waals surface area contributed by atoms with E-state index in [2.05, 4.69) is 15.5 Å². The zero-order valence-corrected chi connectivity index (χ0v) is 16.9. The summed E-state index contributed by atoms with van der Waals surface area (Å²) in [6.07, 6.45) is 1.70. The van der Waals surface area contributed by atoms with E-state index in [9.17, 15) is 9.59 Å². The van der Waals surface area contributed by atoms with Crippen molar-refractivity contribution in [3.8, 4) is 5.75 Å². The SMILES string of the molecule is Cc1cccc(OCCNC(=O)CN2CCC(NC(=O)c3ccccc3)CC2)c1. The molecule has 1 aliphatic rings. The molecule has 6 heteroatoms. The number of rotatable bonds is 8. The molecule has 29 heavy (non-hydrogen) atoms. The summed E-state index contributed by atoms with van der Waals surface area (Å²) < 4.78 is 5.65. The zero-order valence-electron chi connectivity index (χ0n) is 16.9. The number of aryl methyl sites for hydroxylation is 1. The smallest absolute Gasteiger partial charge is 0.251 e. The van der Waals surface area contributed by atoms with Crippen LogP contribution in [0.25, 0.3) is 0 Å². The van der Waals surface area contributed by atoms with Gasteiger partial charge in [0.2, 0.25) is 5.91 Å². The average molecular weight is 396 g/mol. The van der Waals surface area contributed by atoms with Crippen molar-refractivity contribution in [3.05, 3.63) is 65.7 Å². The van der Waals surface area contributed by atoms with Crippen LogP contribution in [0.5, 0.6) is 5.75 Å². The van der Waals surface area contributed by atoms with Crippen molar-refractivity contribution in [1.29, 1.82) is 0 Å². The molecule has 3 rings (SSSR count). The molecule has 0 aliphatic carbocycles. The number of hydrogen-bond acceptors (Lipinski definition) is 4. The first-order valence-corrected chi connectivity index (χ1v) is 10.1. The van der Waals surface area contributed by atoms with Gasteiger partial charge in [0.1, 0.15) is 12.4 Å². The second-order valence-corrected chi connectivity index (χ2v) is 7.40. The minimum Gasteiger partial charge on any atom is -0.492 e. The van der Waals surface area contributed by atoms with E-state index in [0.717, 1.165) is 37.2 Å². The molecule has 0 saturated carbocycles. The van der Waals surface area contributed by atoms with E-state index in [-0.39, 0.29) is 17.9 Å². The van der Waals surface area contributed by atoms with Crippen LogP contribution in [0.1, 0.15) is 28.8 Å². The van der Waals surface area contributed by atoms with Gasteiger partial charge in [-0.1, -0.05) is 30.3 Å². The fourth-order valence-corrected chi connectivity index (χ4v) is 3.42. The van der Waals surface area contributed by atoms with Gasteiger partial charge in [-0.3, -0.25) is 14.5 Å². The molecule has 1 saturated heterocycles. The number of likely N-dealkylation sites (tertiary alicyclic amines) is 1. The average Bonchev–Trinajstić information content (AvgIpc) is 2.73. The lowest BCUT2D eigenvalue weighted by molar-refractivity contribution is -0.122. The van der Waals surface area contributed by atoms with Gasteiger partial charge in [0.15, 0.2) is 0 Å². The maximum atomic E-state index is 12.2. The number of hydrogen-bond donors (Lipinski definition) is 2. The van der Waals surface area contributed by atoms with Crippen molar-refractivity contribution >= 4 is 11.8 Å². The highest BCUT2D eigenvalue weighted by Crippen LogP contribution is 2.12. The number of carbonyl (C=O) groups excluding carboxylic acids is 2. The molecule has 0 bridgehead atoms. The van der Waals surface area contributed by atoms with Gasteiger partial charge in [-0.15, -0.1) is 0 Å². The molecule has 2 aromatic carbocycles. The second kappa shape index (κ2) is 10.6. The lowest BCUT2D eigenvalue weighted by atomic mass is 10.0. The van der Waals surface area contributed by atoms with Crippen molar-refractivity contribution in [2.45, 2.75) is 25.8 Å². The fourth-order valence-electron chi connectivity index (χ4n) is 3.42. The predicted molar refractivity (Wildman–Crippen MR) is 113 cm³/mol. The number of piperidine rings is 1. The molecule has 1 fully saturated rings. The van der Waals surface area contributed by atoms with Gasteiger partial charge in [0.05, 0.1) is 13.1 Å². The highest BCUT2D eigenvalue weighted by Gasteiger charge is 2.22. The Labute approximate surface area is 172 Å². The number of nitrogens with one attached hydrogen (secondary N) is 2. The molecular weight excluding hydrogens is 366 g/mol. The van der Waals surface area contributed by atoms with Crippen LogP contribution in [0, 0.1) is 6.92 Å². The maximum absolute atomic E-state index is 12.2. The summed E-state index contributed by atoms with van der Waals surface area (Å²) in [4.78, 5) is 26.5. The van der Waals surface area contributed by atoms with Gasteiger partial charge < -0.3 is 15.4 Å². The molecule has 154 valence electrons. The lowest BCUT2D eigenvalue weighted by Gasteiger charge is -2.31. The van der Waals surface area contributed by atoms with Gasteiger partial charge in [0.25, 0.3) is 5.91 Å². The van der Waals surface area contributed by atoms with E-state index in [1.807, 2.05) is 61.5 Å². The van der Waals surface area contributed by atoms with Gasteiger partial charge in [0, 0.05) is 24.7 Å². The zero-order chi connectivity index (χ0) is 20.5. The third-order valence-corrected chi connectivity index (χ3v) is 5.01. The van der Waals surface area contributed by atoms with E-state index in [1.165, 1.54) is 0 Å². The van der Waals surface area contributed by atoms with Gasteiger partial charge in [-0.2, -0.15) is 0 Å². The summed E-state index contributed by atoms with van der Waals surface area (Å²) in [7, 11) is 0. The van der Waals surface area contributed by atoms with Crippen LogP contribution in [0.4, 0.5) is 0 Å². The highest BCUT2D eigenvalue weighted by molar-refractivity contribution is 5.94. The molecule has 0 unspecified atom stereocenters. The van der Waals surface area contributed by atoms with Crippen LogP contribution in [0.2, 0.25) is 0 Å². The Balaban J connectivity index is 1.30. The third kappa shape index (κ3) is 6.91. The minimum atomic E-state index is -0.0320. The van der Waals surface area contributed by atoms with E-state index in [0.29, 0.717) is 25.3 Å². The van der Waals surface area contributed by atoms with E-state index >= 15 is 0 Å². The summed E-state index contributed by atoms with van der Waals surface area (Å²) in [5, 5.41) is 5.99. The molecule has 1 heterocycles. The Kier molecular flexibility index (Phi) is 7.64. The summed E-state index contributed by atoms with van der Waals surface area (Å²) >= 11 is 0. The standard InChI is InChI=1S/C23H29N3O3/c1-18-6-5-9-21(16-18)29-15-12-24-22(27)17-26-13-10-20(11-14-26)25-23(28)19-7-3-2-4-8-19/h2-9,16,20H,10-15,17H2,1H3,(H,24,27)(H,25,28). The molecular formula is C23H29N3O3. The summed E-state index contributed by atoms with van der Waals surface area (Å²) in [5.74, 6) is 0.791. The topological polar surface area (TPSA) is 70.7 Å². The van der Waals surface area contributed by atoms with E-state index in [1.54, 1.807) is 0 Å². The normalized spacial score (nSPS) is 14.9. The van der Waals surface area contributed by atoms with Crippen molar-refractivity contribution < 1.29 is 14.3 Å². The van der Waals surface area contributed by atoms with E-state index < -0.39 is 0 Å². The first kappa shape index (κ1) is 20.9. The van der Waals surface area contributed by atoms with Crippen LogP contribution in [0.3, 0.4) is 0 Å². The molecule has 2 N–H and O–H groups in total. The Morgan fingerprint density at radius 1 is 1.07 bits per heavy atom. The number of nitrogens with zero attached hydrogens (tertiary/aromatic N) is 1. The Morgan fingerprint density at radius 2 is 1.83 bits per heavy atom. The van der Waals surface area contributed by atoms with Gasteiger partial charge >= 0.3 is 0 Å². The van der Waals surface area contributed by atoms with E-state index in [4.69, 9.17) is 4.74 Å². The molecule has 0 atom stereocenters.